The van der Waals surface area contributed by atoms with Gasteiger partial charge in [0, 0.05) is 22.3 Å². The summed E-state index contributed by atoms with van der Waals surface area (Å²) in [5.41, 5.74) is -0.126. The second-order valence-corrected chi connectivity index (χ2v) is 10.4. The average Bonchev–Trinajstić information content (AvgIpc) is 3.24. The highest BCUT2D eigenvalue weighted by molar-refractivity contribution is 8.01. The van der Waals surface area contributed by atoms with E-state index in [2.05, 4.69) is 36.9 Å². The number of allylic oxidation sites excluding steroid dienone is 4. The van der Waals surface area contributed by atoms with Crippen molar-refractivity contribution >= 4 is 23.5 Å². The molecule has 2 aliphatic heterocycles. The summed E-state index contributed by atoms with van der Waals surface area (Å²) in [5.74, 6) is 0.786. The molecule has 27 heavy (non-hydrogen) atoms. The Morgan fingerprint density at radius 1 is 1.11 bits per heavy atom. The lowest BCUT2D eigenvalue weighted by atomic mass is 9.72. The van der Waals surface area contributed by atoms with E-state index in [1.54, 1.807) is 0 Å². The Bertz CT molecular complexity index is 588. The lowest BCUT2D eigenvalue weighted by molar-refractivity contribution is -0.137. The van der Waals surface area contributed by atoms with Crippen molar-refractivity contribution < 1.29 is 14.7 Å². The van der Waals surface area contributed by atoms with Gasteiger partial charge in [-0.05, 0) is 62.9 Å². The third-order valence-electron chi connectivity index (χ3n) is 6.84. The molecule has 1 saturated carbocycles. The molecule has 3 nitrogen and oxygen atoms in total. The number of ketones is 1. The van der Waals surface area contributed by atoms with Gasteiger partial charge >= 0.3 is 5.97 Å². The highest BCUT2D eigenvalue weighted by Crippen LogP contribution is 2.54. The van der Waals surface area contributed by atoms with Crippen LogP contribution in [0.15, 0.2) is 24.3 Å². The van der Waals surface area contributed by atoms with E-state index in [0.717, 1.165) is 30.9 Å². The van der Waals surface area contributed by atoms with Crippen molar-refractivity contribution in [1.29, 1.82) is 0 Å². The number of carboxylic acids is 1. The lowest BCUT2D eigenvalue weighted by Crippen LogP contribution is -2.30. The van der Waals surface area contributed by atoms with Crippen molar-refractivity contribution in [3.8, 4) is 0 Å². The second kappa shape index (κ2) is 9.45. The van der Waals surface area contributed by atoms with Crippen molar-refractivity contribution in [2.45, 2.75) is 88.1 Å². The fraction of sp³-hybridized carbons (Fsp3) is 0.739. The minimum atomic E-state index is -0.713. The summed E-state index contributed by atoms with van der Waals surface area (Å²) in [7, 11) is 0. The molecule has 0 spiro atoms. The second-order valence-electron chi connectivity index (χ2n) is 8.87. The van der Waals surface area contributed by atoms with Crippen LogP contribution in [0.2, 0.25) is 0 Å². The van der Waals surface area contributed by atoms with E-state index in [9.17, 15) is 9.59 Å². The van der Waals surface area contributed by atoms with Crippen molar-refractivity contribution in [3.05, 3.63) is 24.3 Å². The van der Waals surface area contributed by atoms with Crippen LogP contribution in [0.25, 0.3) is 0 Å². The van der Waals surface area contributed by atoms with E-state index in [4.69, 9.17) is 5.11 Å². The molecule has 150 valence electrons. The van der Waals surface area contributed by atoms with Gasteiger partial charge in [-0.2, -0.15) is 11.8 Å². The molecule has 0 unspecified atom stereocenters. The first-order valence-corrected chi connectivity index (χ1v) is 11.7. The summed E-state index contributed by atoms with van der Waals surface area (Å²) >= 11 is 2.13. The molecule has 0 amide bonds. The first kappa shape index (κ1) is 20.7. The van der Waals surface area contributed by atoms with Gasteiger partial charge < -0.3 is 5.11 Å². The van der Waals surface area contributed by atoms with Gasteiger partial charge in [-0.3, -0.25) is 9.59 Å². The number of hydrogen-bond acceptors (Lipinski definition) is 3. The third kappa shape index (κ3) is 5.28. The topological polar surface area (TPSA) is 54.4 Å². The molecular formula is C23H34O3S. The van der Waals surface area contributed by atoms with Crippen molar-refractivity contribution in [1.82, 2.24) is 0 Å². The number of rotatable bonds is 9. The Morgan fingerprint density at radius 2 is 1.85 bits per heavy atom. The van der Waals surface area contributed by atoms with Crippen LogP contribution in [0, 0.1) is 17.3 Å². The summed E-state index contributed by atoms with van der Waals surface area (Å²) in [5, 5.41) is 10.1. The number of unbranched alkanes of at least 4 members (excludes halogenated alkanes) is 1. The van der Waals surface area contributed by atoms with Gasteiger partial charge in [-0.1, -0.05) is 44.4 Å². The van der Waals surface area contributed by atoms with Gasteiger partial charge in [-0.25, -0.2) is 0 Å². The standard InChI is InChI=1S/C23H34O3S/c1-23(15-7-4-8-16-23)21(24)14-11-18-17(19-12-13-20(18)27-19)9-5-2-3-6-10-22(25)26/h2,5,11,14,17-20H,3-4,6-10,12-13,15-16H2,1H3,(H,25,26)/t17-,18+,19-,20+/m1/s1. The zero-order chi connectivity index (χ0) is 19.3. The fourth-order valence-corrected chi connectivity index (χ4v) is 7.07. The molecule has 3 rings (SSSR count). The van der Waals surface area contributed by atoms with Crippen LogP contribution in [-0.4, -0.2) is 27.4 Å². The minimum absolute atomic E-state index is 0.126. The Labute approximate surface area is 168 Å². The maximum absolute atomic E-state index is 12.8. The zero-order valence-corrected chi connectivity index (χ0v) is 17.4. The molecule has 0 radical (unpaired) electrons. The van der Waals surface area contributed by atoms with E-state index in [-0.39, 0.29) is 11.8 Å². The van der Waals surface area contributed by atoms with Gasteiger partial charge in [-0.15, -0.1) is 0 Å². The van der Waals surface area contributed by atoms with Gasteiger partial charge in [0.2, 0.25) is 0 Å². The van der Waals surface area contributed by atoms with Crippen molar-refractivity contribution in [2.75, 3.05) is 0 Å². The highest BCUT2D eigenvalue weighted by atomic mass is 32.2. The number of fused-ring (bicyclic) bond motifs is 2. The monoisotopic (exact) mass is 390 g/mol. The SMILES string of the molecule is CC1(C(=O)C=C[C@H]2[C@@H](CC=CCCCC(=O)O)[C@H]3CC[C@@H]2S3)CCCCC1. The molecule has 2 saturated heterocycles. The Morgan fingerprint density at radius 3 is 2.59 bits per heavy atom. The first-order valence-electron chi connectivity index (χ1n) is 10.7. The Hall–Kier alpha value is -1.03. The molecule has 2 bridgehead atoms. The molecule has 0 aromatic rings. The molecule has 0 aromatic heterocycles. The Balaban J connectivity index is 1.54. The largest absolute Gasteiger partial charge is 0.481 e. The summed E-state index contributed by atoms with van der Waals surface area (Å²) in [6, 6.07) is 0. The van der Waals surface area contributed by atoms with Crippen LogP contribution in [0.1, 0.15) is 77.6 Å². The molecule has 4 atom stereocenters. The summed E-state index contributed by atoms with van der Waals surface area (Å²) < 4.78 is 0. The van der Waals surface area contributed by atoms with Crippen molar-refractivity contribution in [3.63, 3.8) is 0 Å². The lowest BCUT2D eigenvalue weighted by Gasteiger charge is -2.31. The first-order chi connectivity index (χ1) is 13.0. The van der Waals surface area contributed by atoms with Crippen LogP contribution < -0.4 is 0 Å². The average molecular weight is 391 g/mol. The molecule has 1 aliphatic carbocycles. The van der Waals surface area contributed by atoms with E-state index < -0.39 is 5.97 Å². The molecule has 2 heterocycles. The quantitative estimate of drug-likeness (QED) is 0.307. The summed E-state index contributed by atoms with van der Waals surface area (Å²) in [4.78, 5) is 23.4. The molecular weight excluding hydrogens is 356 g/mol. The van der Waals surface area contributed by atoms with Crippen LogP contribution in [-0.2, 0) is 9.59 Å². The van der Waals surface area contributed by atoms with Crippen LogP contribution in [0.4, 0.5) is 0 Å². The van der Waals surface area contributed by atoms with E-state index in [1.807, 2.05) is 6.08 Å². The number of carbonyl (C=O) groups is 2. The molecule has 1 N–H and O–H groups in total. The maximum Gasteiger partial charge on any atom is 0.303 e. The number of hydrogen-bond donors (Lipinski definition) is 1. The maximum atomic E-state index is 12.8. The summed E-state index contributed by atoms with van der Waals surface area (Å²) in [6.07, 6.45) is 19.8. The minimum Gasteiger partial charge on any atom is -0.481 e. The summed E-state index contributed by atoms with van der Waals surface area (Å²) in [6.45, 7) is 2.16. The number of carboxylic acid groups (broad SMARTS) is 1. The van der Waals surface area contributed by atoms with Crippen LogP contribution >= 0.6 is 11.8 Å². The number of carbonyl (C=O) groups excluding carboxylic acids is 1. The smallest absolute Gasteiger partial charge is 0.303 e. The van der Waals surface area contributed by atoms with E-state index in [0.29, 0.717) is 29.3 Å². The molecule has 0 aromatic carbocycles. The van der Waals surface area contributed by atoms with Gasteiger partial charge in [0.05, 0.1) is 0 Å². The zero-order valence-electron chi connectivity index (χ0n) is 16.6. The van der Waals surface area contributed by atoms with Gasteiger partial charge in [0.15, 0.2) is 5.78 Å². The van der Waals surface area contributed by atoms with Gasteiger partial charge in [0.1, 0.15) is 0 Å². The molecule has 4 heteroatoms. The molecule has 3 aliphatic rings. The van der Waals surface area contributed by atoms with Crippen LogP contribution in [0.5, 0.6) is 0 Å². The third-order valence-corrected chi connectivity index (χ3v) is 8.68. The predicted octanol–water partition coefficient (Wildman–Crippen LogP) is 5.79. The van der Waals surface area contributed by atoms with E-state index in [1.165, 1.54) is 32.1 Å². The van der Waals surface area contributed by atoms with Crippen LogP contribution in [0.3, 0.4) is 0 Å². The normalized spacial score (nSPS) is 32.5. The number of aliphatic carboxylic acids is 1. The van der Waals surface area contributed by atoms with Crippen molar-refractivity contribution in [2.24, 2.45) is 17.3 Å². The highest BCUT2D eigenvalue weighted by Gasteiger charge is 2.46. The van der Waals surface area contributed by atoms with E-state index >= 15 is 0 Å². The Kier molecular flexibility index (Phi) is 7.24. The molecule has 3 fully saturated rings. The fourth-order valence-electron chi connectivity index (χ4n) is 5.11. The number of thioether (sulfide) groups is 1. The predicted molar refractivity (Wildman–Crippen MR) is 112 cm³/mol. The van der Waals surface area contributed by atoms with Gasteiger partial charge in [0.25, 0.3) is 0 Å².